The van der Waals surface area contributed by atoms with Crippen LogP contribution in [0.25, 0.3) is 22.2 Å². The third kappa shape index (κ3) is 2.58. The summed E-state index contributed by atoms with van der Waals surface area (Å²) in [6.45, 7) is 1.64. The van der Waals surface area contributed by atoms with Crippen LogP contribution < -0.4 is 5.73 Å². The van der Waals surface area contributed by atoms with Gasteiger partial charge in [0.1, 0.15) is 11.5 Å². The Kier molecular flexibility index (Phi) is 3.43. The van der Waals surface area contributed by atoms with E-state index in [1.54, 1.807) is 13.0 Å². The molecule has 0 radical (unpaired) electrons. The number of benzene rings is 1. The number of rotatable bonds is 1. The van der Waals surface area contributed by atoms with E-state index in [0.717, 1.165) is 12.3 Å². The number of anilines is 1. The van der Waals surface area contributed by atoms with Gasteiger partial charge in [0, 0.05) is 17.4 Å². The highest BCUT2D eigenvalue weighted by Crippen LogP contribution is 2.33. The van der Waals surface area contributed by atoms with Gasteiger partial charge < -0.3 is 5.73 Å². The number of pyridine rings is 2. The Hall–Kier alpha value is -2.70. The molecule has 0 amide bonds. The van der Waals surface area contributed by atoms with Gasteiger partial charge in [0.05, 0.1) is 16.6 Å². The van der Waals surface area contributed by atoms with Crippen LogP contribution in [-0.4, -0.2) is 9.97 Å². The van der Waals surface area contributed by atoms with Crippen LogP contribution in [0.15, 0.2) is 36.5 Å². The molecule has 2 heterocycles. The molecule has 0 aliphatic heterocycles. The van der Waals surface area contributed by atoms with E-state index < -0.39 is 17.7 Å². The van der Waals surface area contributed by atoms with Crippen molar-refractivity contribution in [3.63, 3.8) is 0 Å². The van der Waals surface area contributed by atoms with Gasteiger partial charge >= 0.3 is 6.18 Å². The lowest BCUT2D eigenvalue weighted by molar-refractivity contribution is -0.141. The van der Waals surface area contributed by atoms with E-state index >= 15 is 0 Å². The number of halogens is 4. The highest BCUT2D eigenvalue weighted by atomic mass is 19.4. The second kappa shape index (κ2) is 5.19. The summed E-state index contributed by atoms with van der Waals surface area (Å²) in [5, 5.41) is 0.202. The van der Waals surface area contributed by atoms with Gasteiger partial charge in [-0.2, -0.15) is 13.2 Å². The number of aromatic nitrogens is 2. The molecule has 0 saturated carbocycles. The molecular formula is C16H11F4N3. The molecule has 3 nitrogen and oxygen atoms in total. The Bertz CT molecular complexity index is 886. The highest BCUT2D eigenvalue weighted by Gasteiger charge is 2.32. The molecule has 0 saturated heterocycles. The zero-order valence-electron chi connectivity index (χ0n) is 11.9. The third-order valence-corrected chi connectivity index (χ3v) is 3.58. The molecule has 0 spiro atoms. The summed E-state index contributed by atoms with van der Waals surface area (Å²) < 4.78 is 51.6. The van der Waals surface area contributed by atoms with Gasteiger partial charge in [0.2, 0.25) is 0 Å². The predicted molar refractivity (Wildman–Crippen MR) is 79.1 cm³/mol. The van der Waals surface area contributed by atoms with Crippen molar-refractivity contribution in [2.75, 3.05) is 5.73 Å². The Morgan fingerprint density at radius 3 is 2.43 bits per heavy atom. The van der Waals surface area contributed by atoms with Crippen molar-refractivity contribution < 1.29 is 17.6 Å². The molecule has 0 aliphatic carbocycles. The molecule has 2 N–H and O–H groups in total. The molecule has 3 aromatic rings. The van der Waals surface area contributed by atoms with E-state index in [-0.39, 0.29) is 11.1 Å². The standard InChI is InChI=1S/C16H11F4N3/c1-8-14(21)13-10(17)3-2-4-11(13)23-15(8)9-5-6-12(22-7-9)16(18,19)20/h2-7H,1H3,(H2,21,23). The van der Waals surface area contributed by atoms with Gasteiger partial charge in [0.15, 0.2) is 0 Å². The van der Waals surface area contributed by atoms with Crippen molar-refractivity contribution in [1.82, 2.24) is 9.97 Å². The van der Waals surface area contributed by atoms with Crippen molar-refractivity contribution >= 4 is 16.6 Å². The fourth-order valence-electron chi connectivity index (χ4n) is 2.37. The number of alkyl halides is 3. The Labute approximate surface area is 128 Å². The number of nitrogens with two attached hydrogens (primary N) is 1. The topological polar surface area (TPSA) is 51.8 Å². The summed E-state index contributed by atoms with van der Waals surface area (Å²) in [5.74, 6) is -0.493. The van der Waals surface area contributed by atoms with Crippen LogP contribution in [0.5, 0.6) is 0 Å². The third-order valence-electron chi connectivity index (χ3n) is 3.58. The van der Waals surface area contributed by atoms with Crippen LogP contribution >= 0.6 is 0 Å². The first kappa shape index (κ1) is 15.2. The van der Waals surface area contributed by atoms with Crippen LogP contribution in [0.4, 0.5) is 23.2 Å². The minimum absolute atomic E-state index is 0.202. The maximum absolute atomic E-state index is 13.9. The van der Waals surface area contributed by atoms with Crippen LogP contribution in [0.2, 0.25) is 0 Å². The number of fused-ring (bicyclic) bond motifs is 1. The van der Waals surface area contributed by atoms with Crippen LogP contribution in [0, 0.1) is 12.7 Å². The monoisotopic (exact) mass is 321 g/mol. The van der Waals surface area contributed by atoms with Crippen molar-refractivity contribution in [3.8, 4) is 11.3 Å². The van der Waals surface area contributed by atoms with Gasteiger partial charge in [-0.3, -0.25) is 4.98 Å². The largest absolute Gasteiger partial charge is 0.433 e. The van der Waals surface area contributed by atoms with Crippen LogP contribution in [0.1, 0.15) is 11.3 Å². The summed E-state index contributed by atoms with van der Waals surface area (Å²) in [4.78, 5) is 7.73. The van der Waals surface area contributed by atoms with Crippen molar-refractivity contribution in [1.29, 1.82) is 0 Å². The van der Waals surface area contributed by atoms with Gasteiger partial charge in [-0.05, 0) is 36.8 Å². The lowest BCUT2D eigenvalue weighted by Gasteiger charge is -2.12. The van der Waals surface area contributed by atoms with Crippen LogP contribution in [-0.2, 0) is 6.18 Å². The Balaban J connectivity index is 2.19. The molecule has 0 bridgehead atoms. The fraction of sp³-hybridized carbons (Fsp3) is 0.125. The summed E-state index contributed by atoms with van der Waals surface area (Å²) in [6.07, 6.45) is -3.42. The van der Waals surface area contributed by atoms with Crippen molar-refractivity contribution in [3.05, 3.63) is 53.6 Å². The summed E-state index contributed by atoms with van der Waals surface area (Å²) in [5.41, 5.74) is 6.79. The lowest BCUT2D eigenvalue weighted by Crippen LogP contribution is -2.07. The summed E-state index contributed by atoms with van der Waals surface area (Å²) in [7, 11) is 0. The molecule has 3 rings (SSSR count). The quantitative estimate of drug-likeness (QED) is 0.678. The second-order valence-corrected chi connectivity index (χ2v) is 5.06. The zero-order chi connectivity index (χ0) is 16.8. The van der Waals surface area contributed by atoms with Gasteiger partial charge in [-0.1, -0.05) is 6.07 Å². The number of nitrogen functional groups attached to an aromatic ring is 1. The second-order valence-electron chi connectivity index (χ2n) is 5.06. The molecule has 7 heteroatoms. The van der Waals surface area contributed by atoms with Gasteiger partial charge in [-0.15, -0.1) is 0 Å². The maximum Gasteiger partial charge on any atom is 0.433 e. The van der Waals surface area contributed by atoms with E-state index in [2.05, 4.69) is 9.97 Å². The molecule has 118 valence electrons. The van der Waals surface area contributed by atoms with Gasteiger partial charge in [-0.25, -0.2) is 9.37 Å². The molecule has 23 heavy (non-hydrogen) atoms. The number of nitrogens with zero attached hydrogens (tertiary/aromatic N) is 2. The van der Waals surface area contributed by atoms with E-state index in [1.807, 2.05) is 0 Å². The van der Waals surface area contributed by atoms with E-state index in [9.17, 15) is 17.6 Å². The van der Waals surface area contributed by atoms with Crippen molar-refractivity contribution in [2.24, 2.45) is 0 Å². The Morgan fingerprint density at radius 1 is 1.09 bits per heavy atom. The first-order valence-electron chi connectivity index (χ1n) is 6.67. The lowest BCUT2D eigenvalue weighted by atomic mass is 10.0. The molecule has 0 aliphatic rings. The SMILES string of the molecule is Cc1c(-c2ccc(C(F)(F)F)nc2)nc2cccc(F)c2c1N. The summed E-state index contributed by atoms with van der Waals surface area (Å²) >= 11 is 0. The average molecular weight is 321 g/mol. The summed E-state index contributed by atoms with van der Waals surface area (Å²) in [6, 6.07) is 6.51. The van der Waals surface area contributed by atoms with Crippen molar-refractivity contribution in [2.45, 2.75) is 13.1 Å². The minimum Gasteiger partial charge on any atom is -0.398 e. The van der Waals surface area contributed by atoms with E-state index in [4.69, 9.17) is 5.73 Å². The smallest absolute Gasteiger partial charge is 0.398 e. The van der Waals surface area contributed by atoms with E-state index in [0.29, 0.717) is 22.3 Å². The molecule has 0 unspecified atom stereocenters. The normalized spacial score (nSPS) is 11.9. The van der Waals surface area contributed by atoms with E-state index in [1.165, 1.54) is 18.2 Å². The molecule has 2 aromatic heterocycles. The molecular weight excluding hydrogens is 310 g/mol. The molecule has 1 aromatic carbocycles. The first-order valence-corrected chi connectivity index (χ1v) is 6.67. The zero-order valence-corrected chi connectivity index (χ0v) is 11.9. The maximum atomic E-state index is 13.9. The van der Waals surface area contributed by atoms with Crippen LogP contribution in [0.3, 0.4) is 0 Å². The fourth-order valence-corrected chi connectivity index (χ4v) is 2.37. The number of hydrogen-bond acceptors (Lipinski definition) is 3. The molecule has 0 atom stereocenters. The Morgan fingerprint density at radius 2 is 1.83 bits per heavy atom. The number of hydrogen-bond donors (Lipinski definition) is 1. The predicted octanol–water partition coefficient (Wildman–Crippen LogP) is 4.35. The first-order chi connectivity index (χ1) is 10.8. The highest BCUT2D eigenvalue weighted by molar-refractivity contribution is 5.95. The van der Waals surface area contributed by atoms with Gasteiger partial charge in [0.25, 0.3) is 0 Å². The average Bonchev–Trinajstić information content (AvgIpc) is 2.50. The minimum atomic E-state index is -4.51. The molecule has 0 fully saturated rings.